The van der Waals surface area contributed by atoms with E-state index in [0.717, 1.165) is 4.90 Å². The molecule has 0 saturated carbocycles. The van der Waals surface area contributed by atoms with Crippen molar-refractivity contribution in [3.63, 3.8) is 0 Å². The van der Waals surface area contributed by atoms with E-state index in [4.69, 9.17) is 5.11 Å². The number of aryl methyl sites for hydroxylation is 1. The predicted octanol–water partition coefficient (Wildman–Crippen LogP) is 1.50. The second-order valence-electron chi connectivity index (χ2n) is 4.36. The minimum absolute atomic E-state index is 0.0660. The van der Waals surface area contributed by atoms with E-state index in [-0.39, 0.29) is 17.1 Å². The van der Waals surface area contributed by atoms with E-state index in [1.807, 2.05) is 0 Å². The predicted molar refractivity (Wildman–Crippen MR) is 72.8 cm³/mol. The molecule has 1 fully saturated rings. The summed E-state index contributed by atoms with van der Waals surface area (Å²) in [4.78, 5) is 35.1. The van der Waals surface area contributed by atoms with Gasteiger partial charge in [0.1, 0.15) is 11.6 Å². The summed E-state index contributed by atoms with van der Waals surface area (Å²) in [5.74, 6) is -1.20. The highest BCUT2D eigenvalue weighted by Crippen LogP contribution is 2.28. The number of hydrogen-bond acceptors (Lipinski definition) is 5. The van der Waals surface area contributed by atoms with E-state index in [9.17, 15) is 19.7 Å². The number of hydrogen-bond donors (Lipinski definition) is 1. The zero-order valence-electron chi connectivity index (χ0n) is 10.6. The molecule has 0 unspecified atom stereocenters. The lowest BCUT2D eigenvalue weighted by Gasteiger charge is -2.20. The number of carbonyl (C=O) groups excluding carboxylic acids is 1. The van der Waals surface area contributed by atoms with Crippen molar-refractivity contribution in [2.45, 2.75) is 13.0 Å². The van der Waals surface area contributed by atoms with Gasteiger partial charge in [-0.15, -0.1) is 11.8 Å². The van der Waals surface area contributed by atoms with Crippen molar-refractivity contribution in [3.8, 4) is 0 Å². The van der Waals surface area contributed by atoms with Gasteiger partial charge in [-0.1, -0.05) is 12.1 Å². The lowest BCUT2D eigenvalue weighted by Crippen LogP contribution is -2.42. The Morgan fingerprint density at radius 3 is 2.80 bits per heavy atom. The molecule has 1 N–H and O–H groups in total. The summed E-state index contributed by atoms with van der Waals surface area (Å²) in [6.07, 6.45) is 0. The van der Waals surface area contributed by atoms with Gasteiger partial charge >= 0.3 is 5.97 Å². The second-order valence-corrected chi connectivity index (χ2v) is 5.36. The molecule has 1 aliphatic heterocycles. The molecule has 2 rings (SSSR count). The van der Waals surface area contributed by atoms with Gasteiger partial charge in [-0.2, -0.15) is 0 Å². The number of thioether (sulfide) groups is 1. The van der Waals surface area contributed by atoms with Crippen molar-refractivity contribution >= 4 is 29.3 Å². The van der Waals surface area contributed by atoms with Crippen LogP contribution in [0.1, 0.15) is 15.9 Å². The van der Waals surface area contributed by atoms with Gasteiger partial charge in [-0.25, -0.2) is 4.79 Å². The highest BCUT2D eigenvalue weighted by atomic mass is 32.2. The van der Waals surface area contributed by atoms with Gasteiger partial charge in [-0.3, -0.25) is 14.9 Å². The third kappa shape index (κ3) is 2.46. The summed E-state index contributed by atoms with van der Waals surface area (Å²) in [6, 6.07) is 3.51. The molecule has 1 aliphatic rings. The molecule has 20 heavy (non-hydrogen) atoms. The maximum absolute atomic E-state index is 12.4. The fraction of sp³-hybridized carbons (Fsp3) is 0.333. The average Bonchev–Trinajstić information content (AvgIpc) is 2.86. The number of rotatable bonds is 3. The highest BCUT2D eigenvalue weighted by molar-refractivity contribution is 7.99. The van der Waals surface area contributed by atoms with Gasteiger partial charge in [0.15, 0.2) is 0 Å². The fourth-order valence-corrected chi connectivity index (χ4v) is 3.22. The van der Waals surface area contributed by atoms with Crippen LogP contribution in [0.4, 0.5) is 5.69 Å². The molecule has 0 radical (unpaired) electrons. The van der Waals surface area contributed by atoms with Crippen molar-refractivity contribution in [1.29, 1.82) is 0 Å². The normalized spacial score (nSPS) is 18.1. The maximum Gasteiger partial charge on any atom is 0.327 e. The largest absolute Gasteiger partial charge is 0.480 e. The summed E-state index contributed by atoms with van der Waals surface area (Å²) in [7, 11) is 0. The van der Waals surface area contributed by atoms with E-state index in [1.54, 1.807) is 19.1 Å². The molecule has 1 heterocycles. The lowest BCUT2D eigenvalue weighted by molar-refractivity contribution is -0.385. The number of carboxylic acid groups (broad SMARTS) is 1. The quantitative estimate of drug-likeness (QED) is 0.670. The smallest absolute Gasteiger partial charge is 0.327 e. The molecular weight excluding hydrogens is 284 g/mol. The van der Waals surface area contributed by atoms with Gasteiger partial charge in [0, 0.05) is 11.3 Å². The molecule has 1 amide bonds. The first-order valence-corrected chi connectivity index (χ1v) is 6.94. The van der Waals surface area contributed by atoms with Crippen LogP contribution >= 0.6 is 11.8 Å². The Balaban J connectivity index is 2.42. The Hall–Kier alpha value is -2.09. The summed E-state index contributed by atoms with van der Waals surface area (Å²) < 4.78 is 0. The molecule has 8 heteroatoms. The Labute approximate surface area is 118 Å². The van der Waals surface area contributed by atoms with Gasteiger partial charge in [0.2, 0.25) is 0 Å². The van der Waals surface area contributed by atoms with Crippen LogP contribution in [-0.2, 0) is 4.79 Å². The molecule has 7 nitrogen and oxygen atoms in total. The topological polar surface area (TPSA) is 101 Å². The Bertz CT molecular complexity index is 589. The summed E-state index contributed by atoms with van der Waals surface area (Å²) in [6.45, 7) is 1.54. The first-order valence-electron chi connectivity index (χ1n) is 5.79. The number of nitro benzene ring substituents is 1. The zero-order valence-corrected chi connectivity index (χ0v) is 11.4. The third-order valence-electron chi connectivity index (χ3n) is 3.08. The maximum atomic E-state index is 12.4. The molecule has 1 aromatic carbocycles. The number of amides is 1. The minimum atomic E-state index is -1.10. The van der Waals surface area contributed by atoms with Crippen LogP contribution in [0.15, 0.2) is 18.2 Å². The van der Waals surface area contributed by atoms with Gasteiger partial charge < -0.3 is 10.0 Å². The summed E-state index contributed by atoms with van der Waals surface area (Å²) in [5, 5.41) is 20.2. The molecule has 0 bridgehead atoms. The molecular formula is C12H12N2O5S. The first kappa shape index (κ1) is 14.3. The van der Waals surface area contributed by atoms with Crippen LogP contribution < -0.4 is 0 Å². The van der Waals surface area contributed by atoms with E-state index in [1.165, 1.54) is 17.8 Å². The summed E-state index contributed by atoms with van der Waals surface area (Å²) in [5.41, 5.74) is 0.0434. The van der Waals surface area contributed by atoms with Gasteiger partial charge in [-0.05, 0) is 13.0 Å². The zero-order chi connectivity index (χ0) is 14.9. The Morgan fingerprint density at radius 1 is 1.50 bits per heavy atom. The van der Waals surface area contributed by atoms with Crippen LogP contribution in [-0.4, -0.2) is 44.5 Å². The molecule has 1 atom stereocenters. The van der Waals surface area contributed by atoms with Crippen molar-refractivity contribution in [3.05, 3.63) is 39.4 Å². The molecule has 1 saturated heterocycles. The standard InChI is InChI=1S/C12H12N2O5S/c1-7-3-2-4-8(10(7)14(18)19)11(15)13-6-20-5-9(13)12(16)17/h2-4,9H,5-6H2,1H3,(H,16,17)/t9-/m0/s1. The average molecular weight is 296 g/mol. The highest BCUT2D eigenvalue weighted by Gasteiger charge is 2.37. The Morgan fingerprint density at radius 2 is 2.20 bits per heavy atom. The van der Waals surface area contributed by atoms with Gasteiger partial charge in [0.05, 0.1) is 10.8 Å². The second kappa shape index (κ2) is 5.49. The van der Waals surface area contributed by atoms with Crippen LogP contribution in [0, 0.1) is 17.0 Å². The molecule has 0 spiro atoms. The fourth-order valence-electron chi connectivity index (χ4n) is 2.08. The van der Waals surface area contributed by atoms with Crippen LogP contribution in [0.2, 0.25) is 0 Å². The number of aliphatic carboxylic acids is 1. The number of benzene rings is 1. The molecule has 106 valence electrons. The first-order chi connectivity index (χ1) is 9.43. The SMILES string of the molecule is Cc1cccc(C(=O)N2CSC[C@H]2C(=O)O)c1[N+](=O)[O-]. The van der Waals surface area contributed by atoms with Crippen molar-refractivity contribution in [1.82, 2.24) is 4.90 Å². The number of nitrogens with zero attached hydrogens (tertiary/aromatic N) is 2. The molecule has 0 aliphatic carbocycles. The third-order valence-corrected chi connectivity index (χ3v) is 4.09. The lowest BCUT2D eigenvalue weighted by atomic mass is 10.1. The van der Waals surface area contributed by atoms with Crippen LogP contribution in [0.3, 0.4) is 0 Å². The molecule has 0 aromatic heterocycles. The summed E-state index contributed by atoms with van der Waals surface area (Å²) >= 11 is 1.31. The van der Waals surface area contributed by atoms with Crippen molar-refractivity contribution < 1.29 is 19.6 Å². The minimum Gasteiger partial charge on any atom is -0.480 e. The van der Waals surface area contributed by atoms with Crippen molar-refractivity contribution in [2.75, 3.05) is 11.6 Å². The van der Waals surface area contributed by atoms with E-state index in [0.29, 0.717) is 11.3 Å². The number of nitro groups is 1. The van der Waals surface area contributed by atoms with E-state index in [2.05, 4.69) is 0 Å². The van der Waals surface area contributed by atoms with Crippen molar-refractivity contribution in [2.24, 2.45) is 0 Å². The number of para-hydroxylation sites is 1. The van der Waals surface area contributed by atoms with E-state index >= 15 is 0 Å². The van der Waals surface area contributed by atoms with Crippen LogP contribution in [0.5, 0.6) is 0 Å². The monoisotopic (exact) mass is 296 g/mol. The Kier molecular flexibility index (Phi) is 3.93. The number of carbonyl (C=O) groups is 2. The van der Waals surface area contributed by atoms with E-state index < -0.39 is 22.8 Å². The van der Waals surface area contributed by atoms with Gasteiger partial charge in [0.25, 0.3) is 11.6 Å². The molecule has 1 aromatic rings. The number of carboxylic acids is 1. The van der Waals surface area contributed by atoms with Crippen LogP contribution in [0.25, 0.3) is 0 Å².